The van der Waals surface area contributed by atoms with Crippen LogP contribution in [-0.4, -0.2) is 40.6 Å². The van der Waals surface area contributed by atoms with E-state index < -0.39 is 24.0 Å². The Morgan fingerprint density at radius 2 is 2.09 bits per heavy atom. The van der Waals surface area contributed by atoms with Gasteiger partial charge < -0.3 is 15.2 Å². The second-order valence-corrected chi connectivity index (χ2v) is 6.96. The zero-order valence-corrected chi connectivity index (χ0v) is 15.2. The van der Waals surface area contributed by atoms with E-state index in [9.17, 15) is 9.59 Å². The molecule has 0 saturated heterocycles. The number of amides is 1. The smallest absolute Gasteiger partial charge is 0.326 e. The molecule has 2 atom stereocenters. The van der Waals surface area contributed by atoms with E-state index in [2.05, 4.69) is 5.32 Å². The third-order valence-corrected chi connectivity index (χ3v) is 4.40. The first-order chi connectivity index (χ1) is 10.8. The number of thioether (sulfide) groups is 1. The summed E-state index contributed by atoms with van der Waals surface area (Å²) in [4.78, 5) is 23.3. The van der Waals surface area contributed by atoms with Gasteiger partial charge in [0.25, 0.3) is 5.91 Å². The van der Waals surface area contributed by atoms with E-state index in [1.165, 1.54) is 13.0 Å². The topological polar surface area (TPSA) is 75.6 Å². The van der Waals surface area contributed by atoms with Gasteiger partial charge in [-0.3, -0.25) is 4.79 Å². The van der Waals surface area contributed by atoms with Gasteiger partial charge in [-0.15, -0.1) is 0 Å². The van der Waals surface area contributed by atoms with Gasteiger partial charge in [0.1, 0.15) is 11.8 Å². The largest absolute Gasteiger partial charge is 0.480 e. The Bertz CT molecular complexity index is 556. The first-order valence-electron chi connectivity index (χ1n) is 7.07. The van der Waals surface area contributed by atoms with Crippen molar-refractivity contribution in [1.82, 2.24) is 5.32 Å². The highest BCUT2D eigenvalue weighted by atomic mass is 35.5. The molecule has 1 aromatic carbocycles. The third kappa shape index (κ3) is 6.89. The van der Waals surface area contributed by atoms with Crippen molar-refractivity contribution in [2.24, 2.45) is 0 Å². The van der Waals surface area contributed by atoms with E-state index in [1.54, 1.807) is 23.9 Å². The van der Waals surface area contributed by atoms with Crippen LogP contribution in [0.15, 0.2) is 18.2 Å². The van der Waals surface area contributed by atoms with Gasteiger partial charge in [0, 0.05) is 5.02 Å². The molecule has 1 aromatic rings. The maximum Gasteiger partial charge on any atom is 0.326 e. The molecule has 0 saturated carbocycles. The van der Waals surface area contributed by atoms with Gasteiger partial charge in [-0.05, 0) is 43.0 Å². The quantitative estimate of drug-likeness (QED) is 0.642. The fourth-order valence-electron chi connectivity index (χ4n) is 1.71. The SMILES string of the molecule is CCSCCC(NC(=O)C(C)Oc1ccc(Cl)cc1Cl)C(=O)O. The van der Waals surface area contributed by atoms with Crippen LogP contribution in [0, 0.1) is 0 Å². The lowest BCUT2D eigenvalue weighted by molar-refractivity contribution is -0.142. The van der Waals surface area contributed by atoms with Crippen molar-refractivity contribution in [2.75, 3.05) is 11.5 Å². The number of hydrogen-bond acceptors (Lipinski definition) is 4. The van der Waals surface area contributed by atoms with Crippen molar-refractivity contribution in [3.05, 3.63) is 28.2 Å². The molecule has 0 bridgehead atoms. The van der Waals surface area contributed by atoms with Crippen molar-refractivity contribution >= 4 is 46.8 Å². The normalized spacial score (nSPS) is 13.2. The number of aliphatic carboxylic acids is 1. The summed E-state index contributed by atoms with van der Waals surface area (Å²) >= 11 is 13.4. The average molecular weight is 380 g/mol. The molecule has 0 aliphatic rings. The number of carbonyl (C=O) groups excluding carboxylic acids is 1. The predicted octanol–water partition coefficient (Wildman–Crippen LogP) is 3.47. The minimum absolute atomic E-state index is 0.284. The molecular weight excluding hydrogens is 361 g/mol. The molecule has 1 rings (SSSR count). The van der Waals surface area contributed by atoms with Crippen LogP contribution in [0.2, 0.25) is 10.0 Å². The fourth-order valence-corrected chi connectivity index (χ4v) is 2.85. The van der Waals surface area contributed by atoms with Crippen LogP contribution in [0.4, 0.5) is 0 Å². The van der Waals surface area contributed by atoms with Crippen molar-refractivity contribution in [1.29, 1.82) is 0 Å². The Morgan fingerprint density at radius 3 is 2.65 bits per heavy atom. The maximum atomic E-state index is 12.1. The van der Waals surface area contributed by atoms with Gasteiger partial charge in [-0.25, -0.2) is 4.79 Å². The van der Waals surface area contributed by atoms with Crippen molar-refractivity contribution in [2.45, 2.75) is 32.4 Å². The number of hydrogen-bond donors (Lipinski definition) is 2. The van der Waals surface area contributed by atoms with E-state index in [-0.39, 0.29) is 5.02 Å². The Morgan fingerprint density at radius 1 is 1.39 bits per heavy atom. The van der Waals surface area contributed by atoms with Gasteiger partial charge in [-0.2, -0.15) is 11.8 Å². The van der Waals surface area contributed by atoms with E-state index in [0.717, 1.165) is 5.75 Å². The number of halogens is 2. The van der Waals surface area contributed by atoms with Crippen LogP contribution < -0.4 is 10.1 Å². The summed E-state index contributed by atoms with van der Waals surface area (Å²) in [5.74, 6) is 0.296. The number of carbonyl (C=O) groups is 2. The summed E-state index contributed by atoms with van der Waals surface area (Å²) in [6.45, 7) is 3.52. The molecule has 23 heavy (non-hydrogen) atoms. The number of carboxylic acid groups (broad SMARTS) is 1. The zero-order chi connectivity index (χ0) is 17.4. The van der Waals surface area contributed by atoms with Crippen molar-refractivity contribution in [3.8, 4) is 5.75 Å². The Hall–Kier alpha value is -1.11. The minimum Gasteiger partial charge on any atom is -0.480 e. The van der Waals surface area contributed by atoms with Gasteiger partial charge in [0.05, 0.1) is 5.02 Å². The zero-order valence-electron chi connectivity index (χ0n) is 12.8. The maximum absolute atomic E-state index is 12.1. The Labute approximate surface area is 149 Å². The van der Waals surface area contributed by atoms with Crippen LogP contribution in [-0.2, 0) is 9.59 Å². The van der Waals surface area contributed by atoms with E-state index in [4.69, 9.17) is 33.0 Å². The number of nitrogens with one attached hydrogen (secondary N) is 1. The number of benzene rings is 1. The van der Waals surface area contributed by atoms with Crippen LogP contribution in [0.5, 0.6) is 5.75 Å². The molecule has 5 nitrogen and oxygen atoms in total. The third-order valence-electron chi connectivity index (χ3n) is 2.94. The lowest BCUT2D eigenvalue weighted by Crippen LogP contribution is -2.46. The molecule has 0 aromatic heterocycles. The standard InChI is InChI=1S/C15H19Cl2NO4S/c1-3-23-7-6-12(15(20)21)18-14(19)9(2)22-13-5-4-10(16)8-11(13)17/h4-5,8-9,12H,3,6-7H2,1-2H3,(H,18,19)(H,20,21). The molecule has 128 valence electrons. The molecular formula is C15H19Cl2NO4S. The highest BCUT2D eigenvalue weighted by Crippen LogP contribution is 2.28. The summed E-state index contributed by atoms with van der Waals surface area (Å²) < 4.78 is 5.47. The first-order valence-corrected chi connectivity index (χ1v) is 8.98. The summed E-state index contributed by atoms with van der Waals surface area (Å²) in [6.07, 6.45) is -0.525. The monoisotopic (exact) mass is 379 g/mol. The van der Waals surface area contributed by atoms with Crippen LogP contribution >= 0.6 is 35.0 Å². The molecule has 0 aliphatic heterocycles. The molecule has 2 N–H and O–H groups in total. The lowest BCUT2D eigenvalue weighted by Gasteiger charge is -2.19. The van der Waals surface area contributed by atoms with Crippen LogP contribution in [0.3, 0.4) is 0 Å². The van der Waals surface area contributed by atoms with Crippen molar-refractivity contribution in [3.63, 3.8) is 0 Å². The number of ether oxygens (including phenoxy) is 1. The number of carboxylic acids is 1. The average Bonchev–Trinajstić information content (AvgIpc) is 2.48. The summed E-state index contributed by atoms with van der Waals surface area (Å²) in [5.41, 5.74) is 0. The van der Waals surface area contributed by atoms with Crippen LogP contribution in [0.1, 0.15) is 20.3 Å². The Kier molecular flexibility index (Phi) is 8.58. The van der Waals surface area contributed by atoms with E-state index in [1.807, 2.05) is 6.92 Å². The lowest BCUT2D eigenvalue weighted by atomic mass is 10.2. The molecule has 1 amide bonds. The molecule has 8 heteroatoms. The summed E-state index contributed by atoms with van der Waals surface area (Å²) in [7, 11) is 0. The molecule has 0 spiro atoms. The summed E-state index contributed by atoms with van der Waals surface area (Å²) in [5, 5.41) is 12.4. The molecule has 0 aliphatic carbocycles. The Balaban J connectivity index is 2.62. The van der Waals surface area contributed by atoms with Crippen molar-refractivity contribution < 1.29 is 19.4 Å². The van der Waals surface area contributed by atoms with Crippen LogP contribution in [0.25, 0.3) is 0 Å². The highest BCUT2D eigenvalue weighted by Gasteiger charge is 2.24. The first kappa shape index (κ1) is 19.9. The minimum atomic E-state index is -1.06. The fraction of sp³-hybridized carbons (Fsp3) is 0.467. The van der Waals surface area contributed by atoms with Gasteiger partial charge >= 0.3 is 5.97 Å². The van der Waals surface area contributed by atoms with Gasteiger partial charge in [-0.1, -0.05) is 30.1 Å². The van der Waals surface area contributed by atoms with E-state index in [0.29, 0.717) is 22.9 Å². The predicted molar refractivity (Wildman–Crippen MR) is 93.7 cm³/mol. The van der Waals surface area contributed by atoms with E-state index >= 15 is 0 Å². The molecule has 0 fully saturated rings. The molecule has 0 heterocycles. The molecule has 0 radical (unpaired) electrons. The summed E-state index contributed by atoms with van der Waals surface area (Å²) in [6, 6.07) is 3.72. The highest BCUT2D eigenvalue weighted by molar-refractivity contribution is 7.99. The second-order valence-electron chi connectivity index (χ2n) is 4.72. The van der Waals surface area contributed by atoms with Gasteiger partial charge in [0.15, 0.2) is 6.10 Å². The van der Waals surface area contributed by atoms with Gasteiger partial charge in [0.2, 0.25) is 0 Å². The second kappa shape index (κ2) is 9.90. The number of rotatable bonds is 9. The molecule has 2 unspecified atom stereocenters.